The van der Waals surface area contributed by atoms with E-state index in [9.17, 15) is 14.4 Å². The molecule has 0 saturated carbocycles. The Kier molecular flexibility index (Phi) is 54.2. The standard InChI is InChI=1S/C60H114O6/c1-4-7-10-13-16-19-22-24-26-27-28-29-30-31-32-33-35-36-38-41-44-47-50-53-59(62)65-56-57(55-64-58(61)52-49-46-43-40-21-18-15-12-9-6-3)66-60(63)54-51-48-45-42-39-37-34-25-23-20-17-14-11-8-5-2/h12,15,57H,4-11,13-14,16-56H2,1-3H3/b15-12-. The predicted octanol–water partition coefficient (Wildman–Crippen LogP) is 19.7. The Morgan fingerprint density at radius 1 is 0.288 bits per heavy atom. The zero-order valence-electron chi connectivity index (χ0n) is 44.7. The molecular weight excluding hydrogens is 817 g/mol. The summed E-state index contributed by atoms with van der Waals surface area (Å²) in [4.78, 5) is 38.1. The van der Waals surface area contributed by atoms with E-state index < -0.39 is 6.10 Å². The minimum Gasteiger partial charge on any atom is -0.462 e. The number of carbonyl (C=O) groups is 3. The van der Waals surface area contributed by atoms with Gasteiger partial charge < -0.3 is 14.2 Å². The van der Waals surface area contributed by atoms with Crippen molar-refractivity contribution in [2.75, 3.05) is 13.2 Å². The van der Waals surface area contributed by atoms with E-state index in [0.717, 1.165) is 70.6 Å². The summed E-state index contributed by atoms with van der Waals surface area (Å²) in [6, 6.07) is 0. The van der Waals surface area contributed by atoms with E-state index >= 15 is 0 Å². The van der Waals surface area contributed by atoms with Gasteiger partial charge in [0.1, 0.15) is 13.2 Å². The first-order valence-electron chi connectivity index (χ1n) is 29.7. The molecule has 0 radical (unpaired) electrons. The van der Waals surface area contributed by atoms with E-state index in [-0.39, 0.29) is 31.1 Å². The summed E-state index contributed by atoms with van der Waals surface area (Å²) in [5, 5.41) is 0. The van der Waals surface area contributed by atoms with Gasteiger partial charge in [-0.25, -0.2) is 0 Å². The summed E-state index contributed by atoms with van der Waals surface area (Å²) in [6.07, 6.45) is 63.6. The normalized spacial score (nSPS) is 12.0. The lowest BCUT2D eigenvalue weighted by molar-refractivity contribution is -0.167. The molecule has 0 aliphatic heterocycles. The molecule has 0 rings (SSSR count). The van der Waals surface area contributed by atoms with Crippen molar-refractivity contribution in [1.29, 1.82) is 0 Å². The van der Waals surface area contributed by atoms with Crippen LogP contribution in [0, 0.1) is 0 Å². The Morgan fingerprint density at radius 2 is 0.530 bits per heavy atom. The average molecular weight is 932 g/mol. The molecule has 1 atom stereocenters. The maximum Gasteiger partial charge on any atom is 0.306 e. The van der Waals surface area contributed by atoms with E-state index in [1.165, 1.54) is 225 Å². The predicted molar refractivity (Wildman–Crippen MR) is 284 cm³/mol. The fourth-order valence-corrected chi connectivity index (χ4v) is 9.04. The van der Waals surface area contributed by atoms with E-state index in [2.05, 4.69) is 32.9 Å². The van der Waals surface area contributed by atoms with Gasteiger partial charge in [0.2, 0.25) is 0 Å². The first-order valence-corrected chi connectivity index (χ1v) is 29.7. The number of hydrogen-bond acceptors (Lipinski definition) is 6. The van der Waals surface area contributed by atoms with Crippen molar-refractivity contribution in [3.05, 3.63) is 12.2 Å². The van der Waals surface area contributed by atoms with Crippen LogP contribution in [0.5, 0.6) is 0 Å². The van der Waals surface area contributed by atoms with Gasteiger partial charge in [0.15, 0.2) is 6.10 Å². The Bertz CT molecular complexity index is 1020. The fourth-order valence-electron chi connectivity index (χ4n) is 9.04. The first kappa shape index (κ1) is 64.2. The number of hydrogen-bond donors (Lipinski definition) is 0. The number of ether oxygens (including phenoxy) is 3. The number of rotatable bonds is 55. The lowest BCUT2D eigenvalue weighted by Crippen LogP contribution is -2.30. The van der Waals surface area contributed by atoms with Crippen molar-refractivity contribution in [2.45, 2.75) is 341 Å². The number of esters is 3. The molecule has 0 aliphatic carbocycles. The van der Waals surface area contributed by atoms with Gasteiger partial charge in [-0.2, -0.15) is 0 Å². The van der Waals surface area contributed by atoms with Gasteiger partial charge in [0.05, 0.1) is 0 Å². The van der Waals surface area contributed by atoms with Crippen molar-refractivity contribution in [3.8, 4) is 0 Å². The number of allylic oxidation sites excluding steroid dienone is 2. The van der Waals surface area contributed by atoms with Crippen LogP contribution >= 0.6 is 0 Å². The van der Waals surface area contributed by atoms with Crippen LogP contribution in [0.1, 0.15) is 335 Å². The van der Waals surface area contributed by atoms with Crippen LogP contribution in [0.3, 0.4) is 0 Å². The van der Waals surface area contributed by atoms with E-state index in [1.54, 1.807) is 0 Å². The van der Waals surface area contributed by atoms with Crippen molar-refractivity contribution >= 4 is 17.9 Å². The summed E-state index contributed by atoms with van der Waals surface area (Å²) in [6.45, 7) is 6.63. The molecule has 0 N–H and O–H groups in total. The molecule has 0 aromatic carbocycles. The van der Waals surface area contributed by atoms with Crippen molar-refractivity contribution < 1.29 is 28.6 Å². The molecule has 6 nitrogen and oxygen atoms in total. The molecule has 0 saturated heterocycles. The highest BCUT2D eigenvalue weighted by molar-refractivity contribution is 5.71. The second kappa shape index (κ2) is 55.7. The highest BCUT2D eigenvalue weighted by Gasteiger charge is 2.19. The van der Waals surface area contributed by atoms with Gasteiger partial charge in [-0.1, -0.05) is 290 Å². The maximum absolute atomic E-state index is 12.8. The minimum atomic E-state index is -0.767. The third-order valence-electron chi connectivity index (χ3n) is 13.5. The van der Waals surface area contributed by atoms with Crippen LogP contribution in [0.4, 0.5) is 0 Å². The molecule has 0 aromatic heterocycles. The van der Waals surface area contributed by atoms with Crippen molar-refractivity contribution in [1.82, 2.24) is 0 Å². The molecule has 0 heterocycles. The lowest BCUT2D eigenvalue weighted by atomic mass is 10.0. The molecule has 1 unspecified atom stereocenters. The smallest absolute Gasteiger partial charge is 0.306 e. The molecule has 390 valence electrons. The molecule has 6 heteroatoms. The molecule has 0 aromatic rings. The largest absolute Gasteiger partial charge is 0.462 e. The van der Waals surface area contributed by atoms with Crippen LogP contribution in [0.25, 0.3) is 0 Å². The second-order valence-electron chi connectivity index (χ2n) is 20.3. The number of carbonyl (C=O) groups excluding carboxylic acids is 3. The Labute approximate surface area is 411 Å². The third-order valence-corrected chi connectivity index (χ3v) is 13.5. The Morgan fingerprint density at radius 3 is 0.818 bits per heavy atom. The monoisotopic (exact) mass is 931 g/mol. The molecule has 0 aliphatic rings. The molecule has 0 amide bonds. The molecular formula is C60H114O6. The first-order chi connectivity index (χ1) is 32.5. The van der Waals surface area contributed by atoms with Gasteiger partial charge in [0, 0.05) is 19.3 Å². The highest BCUT2D eigenvalue weighted by atomic mass is 16.6. The van der Waals surface area contributed by atoms with Crippen LogP contribution in [0.2, 0.25) is 0 Å². The zero-order valence-corrected chi connectivity index (χ0v) is 44.7. The highest BCUT2D eigenvalue weighted by Crippen LogP contribution is 2.18. The van der Waals surface area contributed by atoms with E-state index in [0.29, 0.717) is 19.3 Å². The van der Waals surface area contributed by atoms with E-state index in [1.807, 2.05) is 0 Å². The molecule has 0 bridgehead atoms. The lowest BCUT2D eigenvalue weighted by Gasteiger charge is -2.18. The quantitative estimate of drug-likeness (QED) is 0.0262. The van der Waals surface area contributed by atoms with Crippen molar-refractivity contribution in [3.63, 3.8) is 0 Å². The summed E-state index contributed by atoms with van der Waals surface area (Å²) in [7, 11) is 0. The summed E-state index contributed by atoms with van der Waals surface area (Å²) < 4.78 is 16.9. The number of unbranched alkanes of at least 4 members (excludes halogenated alkanes) is 42. The van der Waals surface area contributed by atoms with Crippen LogP contribution < -0.4 is 0 Å². The van der Waals surface area contributed by atoms with Gasteiger partial charge in [-0.15, -0.1) is 0 Å². The van der Waals surface area contributed by atoms with Crippen LogP contribution in [-0.4, -0.2) is 37.2 Å². The minimum absolute atomic E-state index is 0.0667. The zero-order chi connectivity index (χ0) is 47.9. The maximum atomic E-state index is 12.8. The van der Waals surface area contributed by atoms with E-state index in [4.69, 9.17) is 14.2 Å². The molecule has 0 fully saturated rings. The van der Waals surface area contributed by atoms with Crippen LogP contribution in [-0.2, 0) is 28.6 Å². The Hall–Kier alpha value is -1.85. The topological polar surface area (TPSA) is 78.9 Å². The summed E-state index contributed by atoms with van der Waals surface area (Å²) >= 11 is 0. The van der Waals surface area contributed by atoms with Gasteiger partial charge in [-0.3, -0.25) is 14.4 Å². The summed E-state index contributed by atoms with van der Waals surface area (Å²) in [5.74, 6) is -0.854. The summed E-state index contributed by atoms with van der Waals surface area (Å²) in [5.41, 5.74) is 0. The Balaban J connectivity index is 4.17. The van der Waals surface area contributed by atoms with Crippen molar-refractivity contribution in [2.24, 2.45) is 0 Å². The van der Waals surface area contributed by atoms with Gasteiger partial charge in [-0.05, 0) is 38.5 Å². The third kappa shape index (κ3) is 53.1. The fraction of sp³-hybridized carbons (Fsp3) is 0.917. The SMILES string of the molecule is CCC/C=C\CCCCCCCC(=O)OCC(COC(=O)CCCCCCCCCCCCCCCCCCCCCCCCC)OC(=O)CCCCCCCCCCCCCCCCC. The van der Waals surface area contributed by atoms with Gasteiger partial charge >= 0.3 is 17.9 Å². The second-order valence-corrected chi connectivity index (χ2v) is 20.3. The van der Waals surface area contributed by atoms with Crippen LogP contribution in [0.15, 0.2) is 12.2 Å². The molecule has 0 spiro atoms. The average Bonchev–Trinajstić information content (AvgIpc) is 3.31. The van der Waals surface area contributed by atoms with Gasteiger partial charge in [0.25, 0.3) is 0 Å². The molecule has 66 heavy (non-hydrogen) atoms.